The second-order valence-electron chi connectivity index (χ2n) is 6.65. The predicted molar refractivity (Wildman–Crippen MR) is 88.9 cm³/mol. The molecule has 0 atom stereocenters. The van der Waals surface area contributed by atoms with Crippen LogP contribution in [0.25, 0.3) is 0 Å². The molecule has 0 aliphatic heterocycles. The fraction of sp³-hybridized carbons (Fsp3) is 0.412. The Hall–Kier alpha value is -2.30. The number of hydrogen-bond acceptors (Lipinski definition) is 3. The highest BCUT2D eigenvalue weighted by molar-refractivity contribution is 5.94. The molecule has 22 heavy (non-hydrogen) atoms. The number of nitrogens with zero attached hydrogens (tertiary/aromatic N) is 1. The molecule has 0 bridgehead atoms. The van der Waals surface area contributed by atoms with Crippen LogP contribution >= 0.6 is 0 Å². The minimum Gasteiger partial charge on any atom is -0.357 e. The third-order valence-corrected chi connectivity index (χ3v) is 3.53. The molecule has 2 amide bonds. The van der Waals surface area contributed by atoms with Gasteiger partial charge in [0.2, 0.25) is 0 Å². The van der Waals surface area contributed by atoms with Gasteiger partial charge in [-0.3, -0.25) is 4.79 Å². The van der Waals surface area contributed by atoms with Crippen molar-refractivity contribution in [2.24, 2.45) is 5.41 Å². The Balaban J connectivity index is 2.20. The zero-order valence-electron chi connectivity index (χ0n) is 13.6. The van der Waals surface area contributed by atoms with Gasteiger partial charge in [0.1, 0.15) is 0 Å². The number of carbonyl (C=O) groups is 2. The molecule has 0 heterocycles. The molecule has 1 aliphatic carbocycles. The van der Waals surface area contributed by atoms with E-state index in [1.807, 2.05) is 24.3 Å². The van der Waals surface area contributed by atoms with Crippen LogP contribution in [-0.2, 0) is 4.79 Å². The number of anilines is 2. The third kappa shape index (κ3) is 4.10. The Morgan fingerprint density at radius 2 is 1.77 bits per heavy atom. The first-order chi connectivity index (χ1) is 10.3. The summed E-state index contributed by atoms with van der Waals surface area (Å²) in [5, 5.41) is 6.13. The molecular formula is C17H23N3O2. The van der Waals surface area contributed by atoms with Crippen molar-refractivity contribution in [2.75, 3.05) is 24.7 Å². The molecule has 5 heteroatoms. The SMILES string of the molecule is CN(C)C(=O)Nc1ccccc1NC1=CC(=O)CC(C)(C)C1. The van der Waals surface area contributed by atoms with Crippen molar-refractivity contribution in [3.63, 3.8) is 0 Å². The van der Waals surface area contributed by atoms with E-state index in [-0.39, 0.29) is 17.2 Å². The average molecular weight is 301 g/mol. The van der Waals surface area contributed by atoms with Crippen molar-refractivity contribution < 1.29 is 9.59 Å². The number of urea groups is 1. The van der Waals surface area contributed by atoms with Crippen LogP contribution in [0, 0.1) is 5.41 Å². The maximum Gasteiger partial charge on any atom is 0.321 e. The van der Waals surface area contributed by atoms with Crippen LogP contribution < -0.4 is 10.6 Å². The van der Waals surface area contributed by atoms with E-state index in [1.54, 1.807) is 20.2 Å². The first-order valence-corrected chi connectivity index (χ1v) is 7.35. The summed E-state index contributed by atoms with van der Waals surface area (Å²) in [7, 11) is 3.38. The molecule has 1 aromatic carbocycles. The highest BCUT2D eigenvalue weighted by atomic mass is 16.2. The number of amides is 2. The Morgan fingerprint density at radius 3 is 2.36 bits per heavy atom. The minimum atomic E-state index is -0.191. The molecule has 0 unspecified atom stereocenters. The number of rotatable bonds is 3. The summed E-state index contributed by atoms with van der Waals surface area (Å²) in [5.74, 6) is 0.133. The van der Waals surface area contributed by atoms with Crippen LogP contribution in [-0.4, -0.2) is 30.8 Å². The molecule has 1 aliphatic rings. The molecule has 2 rings (SSSR count). The molecule has 1 aromatic rings. The van der Waals surface area contributed by atoms with Crippen molar-refractivity contribution in [1.82, 2.24) is 4.90 Å². The summed E-state index contributed by atoms with van der Waals surface area (Å²) in [4.78, 5) is 25.1. The number of allylic oxidation sites excluding steroid dienone is 2. The molecule has 2 N–H and O–H groups in total. The van der Waals surface area contributed by atoms with E-state index in [4.69, 9.17) is 0 Å². The maximum absolute atomic E-state index is 11.8. The first-order valence-electron chi connectivity index (χ1n) is 7.35. The normalized spacial score (nSPS) is 16.7. The van der Waals surface area contributed by atoms with Gasteiger partial charge < -0.3 is 15.5 Å². The molecule has 0 aromatic heterocycles. The highest BCUT2D eigenvalue weighted by Gasteiger charge is 2.27. The van der Waals surface area contributed by atoms with E-state index in [0.717, 1.165) is 17.8 Å². The van der Waals surface area contributed by atoms with Crippen molar-refractivity contribution >= 4 is 23.2 Å². The topological polar surface area (TPSA) is 61.4 Å². The second kappa shape index (κ2) is 6.22. The fourth-order valence-electron chi connectivity index (χ4n) is 2.53. The first kappa shape index (κ1) is 16.1. The van der Waals surface area contributed by atoms with Gasteiger partial charge in [0.15, 0.2) is 5.78 Å². The van der Waals surface area contributed by atoms with E-state index >= 15 is 0 Å². The second-order valence-corrected chi connectivity index (χ2v) is 6.65. The van der Waals surface area contributed by atoms with E-state index < -0.39 is 0 Å². The molecule has 0 spiro atoms. The number of hydrogen-bond donors (Lipinski definition) is 2. The summed E-state index contributed by atoms with van der Waals surface area (Å²) in [6.07, 6.45) is 3.03. The molecule has 5 nitrogen and oxygen atoms in total. The summed E-state index contributed by atoms with van der Waals surface area (Å²) in [5.41, 5.74) is 2.32. The Kier molecular flexibility index (Phi) is 4.54. The molecular weight excluding hydrogens is 278 g/mol. The highest BCUT2D eigenvalue weighted by Crippen LogP contribution is 2.35. The van der Waals surface area contributed by atoms with E-state index in [0.29, 0.717) is 12.1 Å². The van der Waals surface area contributed by atoms with Crippen LogP contribution in [0.15, 0.2) is 36.0 Å². The smallest absolute Gasteiger partial charge is 0.321 e. The number of para-hydroxylation sites is 2. The summed E-state index contributed by atoms with van der Waals surface area (Å²) >= 11 is 0. The van der Waals surface area contributed by atoms with Gasteiger partial charge in [-0.25, -0.2) is 4.79 Å². The monoisotopic (exact) mass is 301 g/mol. The van der Waals surface area contributed by atoms with E-state index in [1.165, 1.54) is 4.90 Å². The lowest BCUT2D eigenvalue weighted by Crippen LogP contribution is -2.28. The van der Waals surface area contributed by atoms with Gasteiger partial charge in [-0.1, -0.05) is 26.0 Å². The number of benzene rings is 1. The van der Waals surface area contributed by atoms with Gasteiger partial charge in [0.25, 0.3) is 0 Å². The zero-order valence-corrected chi connectivity index (χ0v) is 13.6. The standard InChI is InChI=1S/C17H23N3O2/c1-17(2)10-12(9-13(21)11-17)18-14-7-5-6-8-15(14)19-16(22)20(3)4/h5-9,18H,10-11H2,1-4H3,(H,19,22). The summed E-state index contributed by atoms with van der Waals surface area (Å²) in [6.45, 7) is 4.17. The molecule has 0 fully saturated rings. The lowest BCUT2D eigenvalue weighted by atomic mass is 9.79. The summed E-state index contributed by atoms with van der Waals surface area (Å²) < 4.78 is 0. The van der Waals surface area contributed by atoms with Gasteiger partial charge >= 0.3 is 6.03 Å². The van der Waals surface area contributed by atoms with Crippen LogP contribution in [0.5, 0.6) is 0 Å². The Bertz CT molecular complexity index is 618. The molecule has 0 saturated heterocycles. The molecule has 118 valence electrons. The van der Waals surface area contributed by atoms with Gasteiger partial charge in [0.05, 0.1) is 11.4 Å². The largest absolute Gasteiger partial charge is 0.357 e. The van der Waals surface area contributed by atoms with E-state index in [2.05, 4.69) is 24.5 Å². The predicted octanol–water partition coefficient (Wildman–Crippen LogP) is 3.47. The van der Waals surface area contributed by atoms with Gasteiger partial charge in [-0.15, -0.1) is 0 Å². The Morgan fingerprint density at radius 1 is 1.14 bits per heavy atom. The summed E-state index contributed by atoms with van der Waals surface area (Å²) in [6, 6.07) is 7.28. The van der Waals surface area contributed by atoms with Crippen molar-refractivity contribution in [2.45, 2.75) is 26.7 Å². The van der Waals surface area contributed by atoms with Gasteiger partial charge in [-0.2, -0.15) is 0 Å². The number of ketones is 1. The number of carbonyl (C=O) groups excluding carboxylic acids is 2. The quantitative estimate of drug-likeness (QED) is 0.898. The van der Waals surface area contributed by atoms with Crippen LogP contribution in [0.2, 0.25) is 0 Å². The molecule has 0 saturated carbocycles. The van der Waals surface area contributed by atoms with Gasteiger partial charge in [0, 0.05) is 32.3 Å². The van der Waals surface area contributed by atoms with Crippen LogP contribution in [0.1, 0.15) is 26.7 Å². The van der Waals surface area contributed by atoms with Crippen molar-refractivity contribution in [3.05, 3.63) is 36.0 Å². The average Bonchev–Trinajstić information content (AvgIpc) is 2.38. The third-order valence-electron chi connectivity index (χ3n) is 3.53. The molecule has 0 radical (unpaired) electrons. The van der Waals surface area contributed by atoms with Crippen molar-refractivity contribution in [3.8, 4) is 0 Å². The Labute approximate surface area is 131 Å². The zero-order chi connectivity index (χ0) is 16.3. The fourth-order valence-corrected chi connectivity index (χ4v) is 2.53. The van der Waals surface area contributed by atoms with Crippen molar-refractivity contribution in [1.29, 1.82) is 0 Å². The van der Waals surface area contributed by atoms with E-state index in [9.17, 15) is 9.59 Å². The lowest BCUT2D eigenvalue weighted by molar-refractivity contribution is -0.117. The lowest BCUT2D eigenvalue weighted by Gasteiger charge is -2.29. The van der Waals surface area contributed by atoms with Gasteiger partial charge in [-0.05, 0) is 24.0 Å². The van der Waals surface area contributed by atoms with Crippen LogP contribution in [0.4, 0.5) is 16.2 Å². The maximum atomic E-state index is 11.8. The minimum absolute atomic E-state index is 0.0456. The number of nitrogens with one attached hydrogen (secondary N) is 2. The van der Waals surface area contributed by atoms with Crippen LogP contribution in [0.3, 0.4) is 0 Å².